The number of anilines is 2. The summed E-state index contributed by atoms with van der Waals surface area (Å²) in [6, 6.07) is 21.7. The number of nitro benzene ring substituents is 2. The van der Waals surface area contributed by atoms with Crippen LogP contribution in [0.25, 0.3) is 0 Å². The van der Waals surface area contributed by atoms with Gasteiger partial charge in [0.2, 0.25) is 0 Å². The van der Waals surface area contributed by atoms with Crippen LogP contribution in [-0.2, 0) is 0 Å². The van der Waals surface area contributed by atoms with E-state index in [0.717, 1.165) is 21.9 Å². The molecule has 242 valence electrons. The third-order valence-corrected chi connectivity index (χ3v) is 8.11. The largest absolute Gasteiger partial charge is 0.289 e. The van der Waals surface area contributed by atoms with Crippen molar-refractivity contribution in [3.63, 3.8) is 0 Å². The molecule has 4 amide bonds. The Morgan fingerprint density at radius 2 is 0.840 bits per heavy atom. The number of fused-ring (bicyclic) bond motifs is 2. The predicted octanol–water partition coefficient (Wildman–Crippen LogP) is 4.96. The normalized spacial score (nSPS) is 13.4. The van der Waals surface area contributed by atoms with Gasteiger partial charge in [0.1, 0.15) is 11.6 Å². The van der Waals surface area contributed by atoms with E-state index in [1.165, 1.54) is 91.0 Å². The Kier molecular flexibility index (Phi) is 7.21. The van der Waals surface area contributed by atoms with Crippen LogP contribution in [0.5, 0.6) is 0 Å². The molecule has 0 N–H and O–H groups in total. The molecule has 15 nitrogen and oxygen atoms in total. The summed E-state index contributed by atoms with van der Waals surface area (Å²) in [7, 11) is 0. The van der Waals surface area contributed by atoms with Gasteiger partial charge >= 0.3 is 0 Å². The number of ketones is 2. The maximum atomic E-state index is 13.5. The van der Waals surface area contributed by atoms with Crippen molar-refractivity contribution in [3.8, 4) is 0 Å². The van der Waals surface area contributed by atoms with Crippen molar-refractivity contribution >= 4 is 58.2 Å². The smallest absolute Gasteiger partial charge is 0.270 e. The van der Waals surface area contributed by atoms with E-state index in [-0.39, 0.29) is 67.5 Å². The number of benzene rings is 4. The van der Waals surface area contributed by atoms with E-state index in [1.807, 2.05) is 0 Å². The van der Waals surface area contributed by atoms with Crippen molar-refractivity contribution < 1.29 is 38.6 Å². The van der Waals surface area contributed by atoms with Crippen molar-refractivity contribution in [1.29, 1.82) is 0 Å². The summed E-state index contributed by atoms with van der Waals surface area (Å²) < 4.78 is 0. The monoisotopic (exact) mass is 667 g/mol. The summed E-state index contributed by atoms with van der Waals surface area (Å²) in [6.45, 7) is 0. The highest BCUT2D eigenvalue weighted by atomic mass is 16.6. The second-order valence-corrected chi connectivity index (χ2v) is 11.0. The highest BCUT2D eigenvalue weighted by Crippen LogP contribution is 2.33. The van der Waals surface area contributed by atoms with Crippen LogP contribution in [0, 0.1) is 20.2 Å². The van der Waals surface area contributed by atoms with Gasteiger partial charge in [0, 0.05) is 46.5 Å². The van der Waals surface area contributed by atoms with E-state index in [0.29, 0.717) is 0 Å². The molecule has 0 spiro atoms. The van der Waals surface area contributed by atoms with Gasteiger partial charge in [-0.05, 0) is 36.4 Å². The molecule has 0 atom stereocenters. The van der Waals surface area contributed by atoms with Crippen LogP contribution in [-0.4, -0.2) is 50.0 Å². The Balaban J connectivity index is 1.16. The number of hydrogen-bond donors (Lipinski definition) is 0. The minimum absolute atomic E-state index is 0.00307. The van der Waals surface area contributed by atoms with Gasteiger partial charge in [-0.15, -0.1) is 0 Å². The molecule has 0 radical (unpaired) electrons. The zero-order valence-corrected chi connectivity index (χ0v) is 25.1. The van der Waals surface area contributed by atoms with E-state index < -0.39 is 45.0 Å². The molecule has 3 heterocycles. The Morgan fingerprint density at radius 1 is 0.480 bits per heavy atom. The average Bonchev–Trinajstić information content (AvgIpc) is 3.53. The molecule has 50 heavy (non-hydrogen) atoms. The number of nitrogens with zero attached hydrogens (tertiary/aromatic N) is 5. The molecule has 1 aromatic heterocycles. The van der Waals surface area contributed by atoms with Crippen molar-refractivity contribution in [1.82, 2.24) is 4.98 Å². The number of carbonyl (C=O) groups is 6. The molecule has 2 aliphatic rings. The van der Waals surface area contributed by atoms with Crippen molar-refractivity contribution in [3.05, 3.63) is 168 Å². The number of nitro groups is 2. The van der Waals surface area contributed by atoms with Gasteiger partial charge < -0.3 is 0 Å². The number of aromatic nitrogens is 1. The molecule has 0 saturated carbocycles. The number of imide groups is 2. The van der Waals surface area contributed by atoms with Crippen LogP contribution in [0.3, 0.4) is 0 Å². The van der Waals surface area contributed by atoms with Crippen LogP contribution >= 0.6 is 0 Å². The van der Waals surface area contributed by atoms with Crippen LogP contribution in [0.4, 0.5) is 23.0 Å². The number of non-ortho nitro benzene ring substituents is 2. The van der Waals surface area contributed by atoms with E-state index in [4.69, 9.17) is 0 Å². The van der Waals surface area contributed by atoms with Gasteiger partial charge in [0.05, 0.1) is 32.1 Å². The van der Waals surface area contributed by atoms with Gasteiger partial charge in [0.15, 0.2) is 11.6 Å². The fraction of sp³-hybridized carbons (Fsp3) is 0. The molecule has 0 aliphatic carbocycles. The summed E-state index contributed by atoms with van der Waals surface area (Å²) in [4.78, 5) is 107. The number of carbonyl (C=O) groups excluding carboxylic acids is 6. The molecule has 7 rings (SSSR count). The third kappa shape index (κ3) is 4.98. The maximum absolute atomic E-state index is 13.5. The molecule has 0 unspecified atom stereocenters. The Morgan fingerprint density at radius 3 is 1.24 bits per heavy atom. The summed E-state index contributed by atoms with van der Waals surface area (Å²) in [6.07, 6.45) is 0. The summed E-state index contributed by atoms with van der Waals surface area (Å²) in [5.41, 5.74) is -0.918. The first kappa shape index (κ1) is 31.1. The molecular weight excluding hydrogens is 650 g/mol. The van der Waals surface area contributed by atoms with Crippen molar-refractivity contribution in [2.45, 2.75) is 0 Å². The van der Waals surface area contributed by atoms with Crippen molar-refractivity contribution in [2.24, 2.45) is 0 Å². The fourth-order valence-corrected chi connectivity index (χ4v) is 5.70. The topological polar surface area (TPSA) is 208 Å². The summed E-state index contributed by atoms with van der Waals surface area (Å²) in [5, 5.41) is 22.3. The van der Waals surface area contributed by atoms with Crippen LogP contribution in [0.15, 0.2) is 103 Å². The molecule has 15 heteroatoms. The van der Waals surface area contributed by atoms with Crippen LogP contribution in [0.2, 0.25) is 0 Å². The quantitative estimate of drug-likeness (QED) is 0.0934. The van der Waals surface area contributed by atoms with E-state index in [1.54, 1.807) is 0 Å². The SMILES string of the molecule is O=C(c1cccc([N+](=O)[O-])c1)c1ccc2c(c1)C(=O)N(c1cccc(N3C(=O)c4ccc(C(=O)c5cccc([N+](=O)[O-])c5)cc4C3=O)n1)C2=O. The zero-order valence-electron chi connectivity index (χ0n) is 25.1. The molecule has 2 aliphatic heterocycles. The molecule has 4 aromatic carbocycles. The lowest BCUT2D eigenvalue weighted by atomic mass is 9.99. The summed E-state index contributed by atoms with van der Waals surface area (Å²) in [5.74, 6) is -4.92. The lowest BCUT2D eigenvalue weighted by molar-refractivity contribution is -0.385. The minimum atomic E-state index is -0.838. The number of amides is 4. The van der Waals surface area contributed by atoms with E-state index in [2.05, 4.69) is 4.98 Å². The first-order valence-corrected chi connectivity index (χ1v) is 14.6. The first-order valence-electron chi connectivity index (χ1n) is 14.6. The number of rotatable bonds is 8. The molecular formula is C35H17N5O10. The van der Waals surface area contributed by atoms with Crippen molar-refractivity contribution in [2.75, 3.05) is 9.80 Å². The molecule has 0 fully saturated rings. The fourth-order valence-electron chi connectivity index (χ4n) is 5.70. The maximum Gasteiger partial charge on any atom is 0.270 e. The number of hydrogen-bond acceptors (Lipinski definition) is 11. The molecule has 5 aromatic rings. The second-order valence-electron chi connectivity index (χ2n) is 11.0. The van der Waals surface area contributed by atoms with Gasteiger partial charge in [-0.1, -0.05) is 42.5 Å². The van der Waals surface area contributed by atoms with Gasteiger partial charge in [-0.25, -0.2) is 14.8 Å². The lowest BCUT2D eigenvalue weighted by Gasteiger charge is -2.17. The van der Waals surface area contributed by atoms with Crippen LogP contribution < -0.4 is 9.80 Å². The van der Waals surface area contributed by atoms with Gasteiger partial charge in [-0.3, -0.25) is 49.0 Å². The Hall–Kier alpha value is -7.55. The third-order valence-electron chi connectivity index (χ3n) is 8.11. The lowest BCUT2D eigenvalue weighted by Crippen LogP contribution is -2.33. The average molecular weight is 668 g/mol. The Labute approximate surface area is 279 Å². The predicted molar refractivity (Wildman–Crippen MR) is 172 cm³/mol. The molecule has 0 bridgehead atoms. The second kappa shape index (κ2) is 11.6. The van der Waals surface area contributed by atoms with Crippen LogP contribution in [0.1, 0.15) is 73.3 Å². The summed E-state index contributed by atoms with van der Waals surface area (Å²) >= 11 is 0. The van der Waals surface area contributed by atoms with E-state index >= 15 is 0 Å². The minimum Gasteiger partial charge on any atom is -0.289 e. The molecule has 0 saturated heterocycles. The highest BCUT2D eigenvalue weighted by molar-refractivity contribution is 6.36. The Bertz CT molecular complexity index is 2270. The zero-order chi connectivity index (χ0) is 35.4. The standard InChI is InChI=1S/C35H17N5O10/c41-30(18-4-1-6-22(14-18)39(47)48)20-10-12-24-26(16-20)34(45)37(32(24)43)28-8-3-9-29(36-28)38-33(44)25-13-11-21(17-27(25)35(38)46)31(42)19-5-2-7-23(15-19)40(49)50/h1-17H. The number of pyridine rings is 1. The first-order chi connectivity index (χ1) is 23.9. The highest BCUT2D eigenvalue weighted by Gasteiger charge is 2.41. The van der Waals surface area contributed by atoms with E-state index in [9.17, 15) is 49.0 Å². The van der Waals surface area contributed by atoms with Gasteiger partial charge in [0.25, 0.3) is 35.0 Å². The van der Waals surface area contributed by atoms with Gasteiger partial charge in [-0.2, -0.15) is 0 Å².